The number of carboxylic acids is 1. The van der Waals surface area contributed by atoms with E-state index in [1.807, 2.05) is 5.92 Å². The number of carbonyl (C=O) groups excluding carboxylic acids is 1. The zero-order chi connectivity index (χ0) is 17.1. The van der Waals surface area contributed by atoms with Crippen LogP contribution in [0.2, 0.25) is 0 Å². The van der Waals surface area contributed by atoms with Gasteiger partial charge in [0.25, 0.3) is 0 Å². The van der Waals surface area contributed by atoms with Gasteiger partial charge in [-0.05, 0) is 19.8 Å². The number of ether oxygens (including phenoxy) is 1. The number of amides is 1. The Hall–Kier alpha value is -2.49. The van der Waals surface area contributed by atoms with Crippen molar-refractivity contribution in [2.45, 2.75) is 50.8 Å². The third-order valence-electron chi connectivity index (χ3n) is 3.67. The summed E-state index contributed by atoms with van der Waals surface area (Å²) in [6.45, 7) is 7.14. The van der Waals surface area contributed by atoms with E-state index < -0.39 is 35.7 Å². The molecule has 0 aromatic rings. The fourth-order valence-corrected chi connectivity index (χ4v) is 2.36. The summed E-state index contributed by atoms with van der Waals surface area (Å²) in [5.41, 5.74) is -1.76. The van der Waals surface area contributed by atoms with E-state index in [2.05, 4.69) is 6.58 Å². The number of carbonyl (C=O) groups is 3. The largest absolute Gasteiger partial charge is 0.479 e. The van der Waals surface area contributed by atoms with Crippen molar-refractivity contribution in [3.05, 3.63) is 12.2 Å². The van der Waals surface area contributed by atoms with E-state index in [0.717, 1.165) is 0 Å². The number of rotatable bonds is 4. The van der Waals surface area contributed by atoms with Gasteiger partial charge in [0.2, 0.25) is 5.54 Å². The average Bonchev–Trinajstić information content (AvgIpc) is 2.44. The lowest BCUT2D eigenvalue weighted by Gasteiger charge is -2.43. The van der Waals surface area contributed by atoms with Crippen LogP contribution in [0, 0.1) is 12.3 Å². The predicted molar refractivity (Wildman–Crippen MR) is 77.1 cm³/mol. The summed E-state index contributed by atoms with van der Waals surface area (Å²) < 4.78 is 5.14. The molecule has 0 aromatic heterocycles. The van der Waals surface area contributed by atoms with Crippen LogP contribution < -0.4 is 0 Å². The van der Waals surface area contributed by atoms with E-state index in [1.165, 1.54) is 0 Å². The van der Waals surface area contributed by atoms with Gasteiger partial charge in [-0.1, -0.05) is 25.0 Å². The van der Waals surface area contributed by atoms with Crippen molar-refractivity contribution in [3.8, 4) is 12.3 Å². The van der Waals surface area contributed by atoms with Crippen molar-refractivity contribution in [1.29, 1.82) is 0 Å². The van der Waals surface area contributed by atoms with E-state index in [0.29, 0.717) is 16.9 Å². The highest BCUT2D eigenvalue weighted by Crippen LogP contribution is 2.35. The fraction of sp³-hybridized carbons (Fsp3) is 0.533. The predicted octanol–water partition coefficient (Wildman–Crippen LogP) is 1.48. The topological polar surface area (TPSA) is 104 Å². The number of terminal acetylenes is 1. The van der Waals surface area contributed by atoms with Gasteiger partial charge in [0.15, 0.2) is 0 Å². The molecule has 0 aliphatic carbocycles. The number of aliphatic carboxylic acids is 1. The minimum Gasteiger partial charge on any atom is -0.479 e. The van der Waals surface area contributed by atoms with Gasteiger partial charge >= 0.3 is 18.0 Å². The second-order valence-electron chi connectivity index (χ2n) is 5.26. The molecule has 1 amide bonds. The molecule has 1 heterocycles. The molecule has 120 valence electrons. The first kappa shape index (κ1) is 17.6. The van der Waals surface area contributed by atoms with E-state index >= 15 is 0 Å². The van der Waals surface area contributed by atoms with Gasteiger partial charge in [-0.15, -0.1) is 6.42 Å². The maximum atomic E-state index is 12.2. The highest BCUT2D eigenvalue weighted by Gasteiger charge is 2.54. The Labute approximate surface area is 128 Å². The molecule has 0 aromatic carbocycles. The summed E-state index contributed by atoms with van der Waals surface area (Å²) in [5.74, 6) is -0.327. The molecule has 7 nitrogen and oxygen atoms in total. The molecule has 0 bridgehead atoms. The van der Waals surface area contributed by atoms with Gasteiger partial charge in [0.05, 0.1) is 6.10 Å². The second-order valence-corrected chi connectivity index (χ2v) is 5.26. The van der Waals surface area contributed by atoms with Crippen molar-refractivity contribution in [1.82, 2.24) is 4.90 Å². The number of piperidine rings is 1. The minimum absolute atomic E-state index is 0.0156. The van der Waals surface area contributed by atoms with Crippen LogP contribution in [0.3, 0.4) is 0 Å². The molecular formula is C15H19NO6. The van der Waals surface area contributed by atoms with Gasteiger partial charge < -0.3 is 14.9 Å². The van der Waals surface area contributed by atoms with Crippen LogP contribution in [0.15, 0.2) is 12.2 Å². The van der Waals surface area contributed by atoms with Crippen molar-refractivity contribution < 1.29 is 29.3 Å². The SMILES string of the molecule is C#CC1(C(=O)O)CC(=C)CC(C(=O)OC(C)CC)N1C(=O)O. The second kappa shape index (κ2) is 6.52. The molecule has 3 atom stereocenters. The normalized spacial score (nSPS) is 26.0. The van der Waals surface area contributed by atoms with Crippen LogP contribution in [0.4, 0.5) is 4.79 Å². The van der Waals surface area contributed by atoms with E-state index in [4.69, 9.17) is 11.2 Å². The number of likely N-dealkylation sites (tertiary alicyclic amines) is 1. The van der Waals surface area contributed by atoms with E-state index in [9.17, 15) is 24.6 Å². The lowest BCUT2D eigenvalue weighted by Crippen LogP contribution is -2.64. The highest BCUT2D eigenvalue weighted by atomic mass is 16.5. The molecule has 1 fully saturated rings. The quantitative estimate of drug-likeness (QED) is 0.463. The molecule has 1 rings (SSSR count). The first-order valence-electron chi connectivity index (χ1n) is 6.80. The van der Waals surface area contributed by atoms with Crippen LogP contribution >= 0.6 is 0 Å². The maximum Gasteiger partial charge on any atom is 0.409 e. The summed E-state index contributed by atoms with van der Waals surface area (Å²) in [4.78, 5) is 35.8. The Bertz CT molecular complexity index is 549. The van der Waals surface area contributed by atoms with Crippen molar-refractivity contribution in [2.75, 3.05) is 0 Å². The van der Waals surface area contributed by atoms with Crippen LogP contribution in [-0.2, 0) is 14.3 Å². The Balaban J connectivity index is 3.28. The van der Waals surface area contributed by atoms with Crippen molar-refractivity contribution in [2.24, 2.45) is 0 Å². The average molecular weight is 309 g/mol. The van der Waals surface area contributed by atoms with Crippen LogP contribution in [-0.4, -0.2) is 50.8 Å². The summed E-state index contributed by atoms with van der Waals surface area (Å²) in [6.07, 6.45) is 3.59. The number of carboxylic acid groups (broad SMARTS) is 2. The van der Waals surface area contributed by atoms with Crippen molar-refractivity contribution in [3.63, 3.8) is 0 Å². The van der Waals surface area contributed by atoms with Crippen LogP contribution in [0.25, 0.3) is 0 Å². The smallest absolute Gasteiger partial charge is 0.409 e. The Kier molecular flexibility index (Phi) is 5.20. The minimum atomic E-state index is -2.15. The monoisotopic (exact) mass is 309 g/mol. The van der Waals surface area contributed by atoms with Gasteiger partial charge in [-0.3, -0.25) is 4.90 Å². The lowest BCUT2D eigenvalue weighted by atomic mass is 9.81. The molecule has 3 unspecified atom stereocenters. The number of esters is 1. The van der Waals surface area contributed by atoms with Crippen LogP contribution in [0.5, 0.6) is 0 Å². The summed E-state index contributed by atoms with van der Waals surface area (Å²) in [7, 11) is 0. The highest BCUT2D eigenvalue weighted by molar-refractivity contribution is 5.92. The maximum absolute atomic E-state index is 12.2. The Morgan fingerprint density at radius 2 is 2.14 bits per heavy atom. The standard InChI is InChI=1S/C15H19NO6/c1-5-10(4)22-12(17)11-7-9(3)8-15(6-2,13(18)19)16(11)14(20)21/h2,10-11H,3,5,7-8H2,1,4H3,(H,18,19)(H,20,21). The van der Waals surface area contributed by atoms with Crippen LogP contribution in [0.1, 0.15) is 33.1 Å². The summed E-state index contributed by atoms with van der Waals surface area (Å²) >= 11 is 0. The lowest BCUT2D eigenvalue weighted by molar-refractivity contribution is -0.161. The fourth-order valence-electron chi connectivity index (χ4n) is 2.36. The first-order valence-corrected chi connectivity index (χ1v) is 6.80. The van der Waals surface area contributed by atoms with Crippen molar-refractivity contribution >= 4 is 18.0 Å². The molecule has 1 saturated heterocycles. The molecule has 1 aliphatic rings. The molecule has 0 saturated carbocycles. The summed E-state index contributed by atoms with van der Waals surface area (Å²) in [6, 6.07) is -1.32. The molecule has 2 N–H and O–H groups in total. The van der Waals surface area contributed by atoms with E-state index in [1.54, 1.807) is 13.8 Å². The Morgan fingerprint density at radius 1 is 1.55 bits per heavy atom. The molecule has 22 heavy (non-hydrogen) atoms. The molecule has 0 radical (unpaired) electrons. The third kappa shape index (κ3) is 3.06. The van der Waals surface area contributed by atoms with Gasteiger partial charge in [-0.25, -0.2) is 14.4 Å². The molecule has 0 spiro atoms. The number of hydrogen-bond acceptors (Lipinski definition) is 4. The summed E-state index contributed by atoms with van der Waals surface area (Å²) in [5, 5.41) is 18.8. The van der Waals surface area contributed by atoms with Gasteiger partial charge in [0, 0.05) is 6.42 Å². The zero-order valence-electron chi connectivity index (χ0n) is 12.5. The number of hydrogen-bond donors (Lipinski definition) is 2. The third-order valence-corrected chi connectivity index (χ3v) is 3.67. The zero-order valence-corrected chi connectivity index (χ0v) is 12.5. The van der Waals surface area contributed by atoms with E-state index in [-0.39, 0.29) is 12.8 Å². The van der Waals surface area contributed by atoms with Gasteiger partial charge in [-0.2, -0.15) is 0 Å². The molecular weight excluding hydrogens is 290 g/mol. The molecule has 1 aliphatic heterocycles. The molecule has 7 heteroatoms. The number of nitrogens with zero attached hydrogens (tertiary/aromatic N) is 1. The first-order chi connectivity index (χ1) is 10.2. The Morgan fingerprint density at radius 3 is 2.55 bits per heavy atom. The van der Waals surface area contributed by atoms with Gasteiger partial charge in [0.1, 0.15) is 6.04 Å².